The average Bonchev–Trinajstić information content (AvgIpc) is 3.28. The fourth-order valence-electron chi connectivity index (χ4n) is 3.70. The van der Waals surface area contributed by atoms with Gasteiger partial charge >= 0.3 is 0 Å². The molecule has 0 spiro atoms. The lowest BCUT2D eigenvalue weighted by atomic mass is 10.0. The van der Waals surface area contributed by atoms with Gasteiger partial charge in [0.2, 0.25) is 0 Å². The van der Waals surface area contributed by atoms with Crippen LogP contribution in [0.3, 0.4) is 0 Å². The minimum absolute atomic E-state index is 0.0767. The van der Waals surface area contributed by atoms with E-state index in [1.54, 1.807) is 19.2 Å². The molecule has 2 unspecified atom stereocenters. The summed E-state index contributed by atoms with van der Waals surface area (Å²) in [5.74, 6) is -0.216. The Labute approximate surface area is 163 Å². The maximum absolute atomic E-state index is 13.8. The number of nitrogens with zero attached hydrogens (tertiary/aromatic N) is 3. The molecule has 1 aliphatic heterocycles. The van der Waals surface area contributed by atoms with Crippen molar-refractivity contribution in [1.29, 1.82) is 0 Å². The van der Waals surface area contributed by atoms with Crippen molar-refractivity contribution in [3.05, 3.63) is 83.7 Å². The highest BCUT2D eigenvalue weighted by Gasteiger charge is 2.41. The van der Waals surface area contributed by atoms with Gasteiger partial charge in [0.25, 0.3) is 0 Å². The van der Waals surface area contributed by atoms with Crippen molar-refractivity contribution < 1.29 is 4.39 Å². The van der Waals surface area contributed by atoms with Crippen LogP contribution in [0.4, 0.5) is 10.1 Å². The molecule has 1 aliphatic rings. The number of nitrogens with one attached hydrogen (secondary N) is 1. The summed E-state index contributed by atoms with van der Waals surface area (Å²) < 4.78 is 16.0. The fourth-order valence-corrected chi connectivity index (χ4v) is 4.04. The molecule has 0 saturated carbocycles. The van der Waals surface area contributed by atoms with E-state index in [0.717, 1.165) is 23.6 Å². The van der Waals surface area contributed by atoms with E-state index in [1.165, 1.54) is 6.07 Å². The lowest BCUT2D eigenvalue weighted by molar-refractivity contribution is 0.529. The first kappa shape index (κ1) is 17.7. The number of halogens is 1. The zero-order valence-electron chi connectivity index (χ0n) is 15.3. The number of rotatable bonds is 4. The first-order chi connectivity index (χ1) is 13.1. The third-order valence-electron chi connectivity index (χ3n) is 5.03. The average molecular weight is 380 g/mol. The first-order valence-electron chi connectivity index (χ1n) is 9.02. The number of aromatic nitrogens is 2. The Morgan fingerprint density at radius 1 is 1.19 bits per heavy atom. The van der Waals surface area contributed by atoms with E-state index in [1.807, 2.05) is 30.3 Å². The van der Waals surface area contributed by atoms with E-state index in [-0.39, 0.29) is 17.9 Å². The molecule has 6 heteroatoms. The number of benzene rings is 1. The van der Waals surface area contributed by atoms with Gasteiger partial charge in [-0.25, -0.2) is 4.39 Å². The summed E-state index contributed by atoms with van der Waals surface area (Å²) >= 11 is 5.69. The standard InChI is InChI=1S/C21H21FN4S/c1-3-25-12-6-8-18(25)20-19(17-7-4-5-11-23-17)24-21(27)26(20)15-9-10-16(22)14(2)13-15/h4-13,19-20H,3H2,1-2H3,(H,24,27). The Kier molecular flexibility index (Phi) is 4.66. The van der Waals surface area contributed by atoms with Crippen LogP contribution in [0.15, 0.2) is 60.9 Å². The second-order valence-corrected chi connectivity index (χ2v) is 7.04. The lowest BCUT2D eigenvalue weighted by Gasteiger charge is -2.29. The highest BCUT2D eigenvalue weighted by Crippen LogP contribution is 2.41. The smallest absolute Gasteiger partial charge is 0.174 e. The van der Waals surface area contributed by atoms with Gasteiger partial charge in [-0.1, -0.05) is 6.07 Å². The Bertz CT molecular complexity index is 969. The summed E-state index contributed by atoms with van der Waals surface area (Å²) in [6, 6.07) is 15.0. The molecule has 1 saturated heterocycles. The van der Waals surface area contributed by atoms with Crippen LogP contribution in [0, 0.1) is 12.7 Å². The second-order valence-electron chi connectivity index (χ2n) is 6.65. The Balaban J connectivity index is 1.85. The van der Waals surface area contributed by atoms with Gasteiger partial charge in [0.15, 0.2) is 5.11 Å². The summed E-state index contributed by atoms with van der Waals surface area (Å²) in [6.45, 7) is 4.74. The maximum Gasteiger partial charge on any atom is 0.174 e. The SMILES string of the molecule is CCn1cccc1C1C(c2ccccn2)NC(=S)N1c1ccc(F)c(C)c1. The predicted molar refractivity (Wildman–Crippen MR) is 109 cm³/mol. The van der Waals surface area contributed by atoms with Gasteiger partial charge in [-0.05, 0) is 74.1 Å². The minimum atomic E-state index is -0.216. The van der Waals surface area contributed by atoms with Crippen LogP contribution < -0.4 is 10.2 Å². The Morgan fingerprint density at radius 2 is 2.04 bits per heavy atom. The molecule has 0 radical (unpaired) electrons. The summed E-state index contributed by atoms with van der Waals surface area (Å²) in [5, 5.41) is 4.05. The van der Waals surface area contributed by atoms with Crippen LogP contribution in [0.5, 0.6) is 0 Å². The normalized spacial score (nSPS) is 19.4. The molecule has 2 aromatic heterocycles. The highest BCUT2D eigenvalue weighted by molar-refractivity contribution is 7.80. The van der Waals surface area contributed by atoms with E-state index in [2.05, 4.69) is 39.0 Å². The van der Waals surface area contributed by atoms with E-state index in [4.69, 9.17) is 12.2 Å². The van der Waals surface area contributed by atoms with Crippen molar-refractivity contribution in [2.24, 2.45) is 0 Å². The van der Waals surface area contributed by atoms with Crippen LogP contribution in [0.25, 0.3) is 0 Å². The third-order valence-corrected chi connectivity index (χ3v) is 5.34. The van der Waals surface area contributed by atoms with Gasteiger partial charge in [-0.15, -0.1) is 0 Å². The van der Waals surface area contributed by atoms with Crippen molar-refractivity contribution in [2.45, 2.75) is 32.5 Å². The zero-order chi connectivity index (χ0) is 19.0. The van der Waals surface area contributed by atoms with Gasteiger partial charge in [0.05, 0.1) is 11.7 Å². The molecule has 4 nitrogen and oxygen atoms in total. The summed E-state index contributed by atoms with van der Waals surface area (Å²) in [5.41, 5.74) is 3.54. The zero-order valence-corrected chi connectivity index (χ0v) is 16.1. The number of thiocarbonyl (C=S) groups is 1. The molecule has 0 aliphatic carbocycles. The molecule has 1 N–H and O–H groups in total. The van der Waals surface area contributed by atoms with E-state index < -0.39 is 0 Å². The molecule has 3 heterocycles. The van der Waals surface area contributed by atoms with E-state index in [9.17, 15) is 4.39 Å². The summed E-state index contributed by atoms with van der Waals surface area (Å²) in [4.78, 5) is 6.62. The first-order valence-corrected chi connectivity index (χ1v) is 9.43. The molecular formula is C21H21FN4S. The van der Waals surface area contributed by atoms with Gasteiger partial charge in [0, 0.05) is 30.3 Å². The molecule has 27 heavy (non-hydrogen) atoms. The number of aryl methyl sites for hydroxylation is 2. The van der Waals surface area contributed by atoms with Crippen molar-refractivity contribution in [2.75, 3.05) is 4.90 Å². The molecule has 0 amide bonds. The predicted octanol–water partition coefficient (Wildman–Crippen LogP) is 4.53. The number of hydrogen-bond donors (Lipinski definition) is 1. The van der Waals surface area contributed by atoms with Crippen molar-refractivity contribution in [3.8, 4) is 0 Å². The van der Waals surface area contributed by atoms with Crippen LogP contribution in [-0.4, -0.2) is 14.7 Å². The molecule has 0 bridgehead atoms. The number of pyridine rings is 1. The lowest BCUT2D eigenvalue weighted by Crippen LogP contribution is -2.30. The van der Waals surface area contributed by atoms with Gasteiger partial charge in [-0.3, -0.25) is 4.98 Å². The monoisotopic (exact) mass is 380 g/mol. The van der Waals surface area contributed by atoms with Crippen molar-refractivity contribution >= 4 is 23.0 Å². The van der Waals surface area contributed by atoms with Crippen molar-refractivity contribution in [1.82, 2.24) is 14.9 Å². The molecule has 2 atom stereocenters. The van der Waals surface area contributed by atoms with Crippen LogP contribution in [-0.2, 0) is 6.54 Å². The molecule has 3 aromatic rings. The highest BCUT2D eigenvalue weighted by atomic mass is 32.1. The second kappa shape index (κ2) is 7.12. The topological polar surface area (TPSA) is 33.1 Å². The van der Waals surface area contributed by atoms with E-state index in [0.29, 0.717) is 10.7 Å². The van der Waals surface area contributed by atoms with Gasteiger partial charge in [0.1, 0.15) is 11.9 Å². The quantitative estimate of drug-likeness (QED) is 0.674. The van der Waals surface area contributed by atoms with Crippen molar-refractivity contribution in [3.63, 3.8) is 0 Å². The molecule has 1 fully saturated rings. The minimum Gasteiger partial charge on any atom is -0.351 e. The van der Waals surface area contributed by atoms with Crippen LogP contribution in [0.1, 0.15) is 36.0 Å². The maximum atomic E-state index is 13.8. The molecule has 138 valence electrons. The Morgan fingerprint density at radius 3 is 2.74 bits per heavy atom. The Hall–Kier alpha value is -2.73. The third kappa shape index (κ3) is 3.10. The summed E-state index contributed by atoms with van der Waals surface area (Å²) in [7, 11) is 0. The van der Waals surface area contributed by atoms with Crippen LogP contribution >= 0.6 is 12.2 Å². The number of hydrogen-bond acceptors (Lipinski definition) is 2. The van der Waals surface area contributed by atoms with Gasteiger partial charge < -0.3 is 14.8 Å². The number of anilines is 1. The van der Waals surface area contributed by atoms with Crippen LogP contribution in [0.2, 0.25) is 0 Å². The largest absolute Gasteiger partial charge is 0.351 e. The van der Waals surface area contributed by atoms with E-state index >= 15 is 0 Å². The molecular weight excluding hydrogens is 359 g/mol. The van der Waals surface area contributed by atoms with Gasteiger partial charge in [-0.2, -0.15) is 0 Å². The summed E-state index contributed by atoms with van der Waals surface area (Å²) in [6.07, 6.45) is 3.86. The fraction of sp³-hybridized carbons (Fsp3) is 0.238. The molecule has 1 aromatic carbocycles. The molecule has 4 rings (SSSR count).